The summed E-state index contributed by atoms with van der Waals surface area (Å²) < 4.78 is 31.3. The fraction of sp³-hybridized carbons (Fsp3) is 0.500. The zero-order chi connectivity index (χ0) is 15.6. The molecule has 22 heavy (non-hydrogen) atoms. The molecule has 8 nitrogen and oxygen atoms in total. The van der Waals surface area contributed by atoms with E-state index < -0.39 is 14.9 Å². The lowest BCUT2D eigenvalue weighted by Gasteiger charge is -2.16. The van der Waals surface area contributed by atoms with Gasteiger partial charge in [-0.2, -0.15) is 4.31 Å². The fourth-order valence-electron chi connectivity index (χ4n) is 2.33. The molecular formula is C12H18ClN3O5S. The van der Waals surface area contributed by atoms with Gasteiger partial charge in [-0.05, 0) is 24.9 Å². The summed E-state index contributed by atoms with van der Waals surface area (Å²) >= 11 is 0. The van der Waals surface area contributed by atoms with Gasteiger partial charge in [-0.3, -0.25) is 10.1 Å². The number of benzene rings is 1. The van der Waals surface area contributed by atoms with Crippen molar-refractivity contribution in [2.45, 2.75) is 11.3 Å². The molecule has 2 N–H and O–H groups in total. The molecule has 0 aromatic heterocycles. The predicted octanol–water partition coefficient (Wildman–Crippen LogP) is 0.994. The van der Waals surface area contributed by atoms with Gasteiger partial charge in [0.1, 0.15) is 0 Å². The molecule has 0 bridgehead atoms. The van der Waals surface area contributed by atoms with Crippen molar-refractivity contribution in [1.82, 2.24) is 4.31 Å². The van der Waals surface area contributed by atoms with Crippen molar-refractivity contribution < 1.29 is 18.1 Å². The maximum absolute atomic E-state index is 12.5. The van der Waals surface area contributed by atoms with Crippen LogP contribution >= 0.6 is 12.4 Å². The lowest BCUT2D eigenvalue weighted by molar-refractivity contribution is -0.385. The van der Waals surface area contributed by atoms with Gasteiger partial charge in [0, 0.05) is 25.2 Å². The molecule has 1 atom stereocenters. The van der Waals surface area contributed by atoms with Crippen molar-refractivity contribution in [2.75, 3.05) is 26.7 Å². The molecular weight excluding hydrogens is 334 g/mol. The zero-order valence-electron chi connectivity index (χ0n) is 12.0. The second-order valence-electron chi connectivity index (χ2n) is 4.84. The average Bonchev–Trinajstić information content (AvgIpc) is 2.96. The number of nitro benzene ring substituents is 1. The van der Waals surface area contributed by atoms with E-state index in [2.05, 4.69) is 0 Å². The van der Waals surface area contributed by atoms with Crippen LogP contribution in [0.4, 0.5) is 5.69 Å². The van der Waals surface area contributed by atoms with Gasteiger partial charge < -0.3 is 10.5 Å². The summed E-state index contributed by atoms with van der Waals surface area (Å²) in [6.45, 7) is 1.22. The Hall–Kier alpha value is -1.42. The second-order valence-corrected chi connectivity index (χ2v) is 6.78. The van der Waals surface area contributed by atoms with E-state index in [-0.39, 0.29) is 34.7 Å². The van der Waals surface area contributed by atoms with Gasteiger partial charge in [-0.25, -0.2) is 8.42 Å². The Kier molecular flexibility index (Phi) is 6.12. The molecule has 1 unspecified atom stereocenters. The fourth-order valence-corrected chi connectivity index (χ4v) is 3.87. The average molecular weight is 352 g/mol. The smallest absolute Gasteiger partial charge is 0.310 e. The molecule has 0 spiro atoms. The highest BCUT2D eigenvalue weighted by Gasteiger charge is 2.33. The number of nitrogens with two attached hydrogens (primary N) is 1. The summed E-state index contributed by atoms with van der Waals surface area (Å²) in [6, 6.07) is 3.55. The summed E-state index contributed by atoms with van der Waals surface area (Å²) in [5, 5.41) is 10.8. The van der Waals surface area contributed by atoms with Crippen molar-refractivity contribution in [1.29, 1.82) is 0 Å². The van der Waals surface area contributed by atoms with Crippen molar-refractivity contribution >= 4 is 28.1 Å². The Morgan fingerprint density at radius 2 is 2.18 bits per heavy atom. The minimum absolute atomic E-state index is 0. The standard InChI is InChI=1S/C12H17N3O5S.ClH/c1-20-12-6-10(2-3-11(12)15(16)17)21(18,19)14-5-4-9(7-13)8-14;/h2-3,6,9H,4-5,7-8,13H2,1H3;1H. The van der Waals surface area contributed by atoms with Crippen molar-refractivity contribution in [3.8, 4) is 5.75 Å². The summed E-state index contributed by atoms with van der Waals surface area (Å²) in [6.07, 6.45) is 0.722. The summed E-state index contributed by atoms with van der Waals surface area (Å²) in [5.74, 6) is 0.0790. The van der Waals surface area contributed by atoms with Gasteiger partial charge in [0.05, 0.1) is 16.9 Å². The Morgan fingerprint density at radius 1 is 1.50 bits per heavy atom. The molecule has 1 aromatic carbocycles. The van der Waals surface area contributed by atoms with Crippen molar-refractivity contribution in [3.05, 3.63) is 28.3 Å². The van der Waals surface area contributed by atoms with Crippen LogP contribution in [0.5, 0.6) is 5.75 Å². The molecule has 0 radical (unpaired) electrons. The van der Waals surface area contributed by atoms with Gasteiger partial charge in [-0.1, -0.05) is 0 Å². The maximum atomic E-state index is 12.5. The van der Waals surface area contributed by atoms with E-state index in [9.17, 15) is 18.5 Å². The summed E-state index contributed by atoms with van der Waals surface area (Å²) in [7, 11) is -2.42. The molecule has 1 aliphatic rings. The number of ether oxygens (including phenoxy) is 1. The highest BCUT2D eigenvalue weighted by Crippen LogP contribution is 2.31. The minimum Gasteiger partial charge on any atom is -0.490 e. The SMILES string of the molecule is COc1cc(S(=O)(=O)N2CCC(CN)C2)ccc1[N+](=O)[O-].Cl. The first-order chi connectivity index (χ1) is 9.90. The van der Waals surface area contributed by atoms with E-state index in [1.807, 2.05) is 0 Å². The van der Waals surface area contributed by atoms with E-state index >= 15 is 0 Å². The van der Waals surface area contributed by atoms with Crippen LogP contribution in [0.15, 0.2) is 23.1 Å². The number of nitro groups is 1. The van der Waals surface area contributed by atoms with Crippen molar-refractivity contribution in [2.24, 2.45) is 11.7 Å². The summed E-state index contributed by atoms with van der Waals surface area (Å²) in [5.41, 5.74) is 5.29. The van der Waals surface area contributed by atoms with E-state index in [0.717, 1.165) is 12.5 Å². The number of hydrogen-bond acceptors (Lipinski definition) is 6. The minimum atomic E-state index is -3.68. The topological polar surface area (TPSA) is 116 Å². The van der Waals surface area contributed by atoms with Crippen LogP contribution in [0.1, 0.15) is 6.42 Å². The molecule has 1 saturated heterocycles. The summed E-state index contributed by atoms with van der Waals surface area (Å²) in [4.78, 5) is 10.2. The molecule has 1 heterocycles. The van der Waals surface area contributed by atoms with Crippen LogP contribution in [0.25, 0.3) is 0 Å². The number of rotatable bonds is 5. The van der Waals surface area contributed by atoms with E-state index in [0.29, 0.717) is 19.6 Å². The number of hydrogen-bond donors (Lipinski definition) is 1. The number of sulfonamides is 1. The Bertz CT molecular complexity index is 652. The third kappa shape index (κ3) is 3.49. The van der Waals surface area contributed by atoms with Gasteiger partial charge in [-0.15, -0.1) is 12.4 Å². The lowest BCUT2D eigenvalue weighted by atomic mass is 10.1. The molecule has 1 aliphatic heterocycles. The van der Waals surface area contributed by atoms with Gasteiger partial charge in [0.2, 0.25) is 10.0 Å². The largest absolute Gasteiger partial charge is 0.490 e. The molecule has 2 rings (SSSR count). The number of halogens is 1. The molecule has 1 fully saturated rings. The van der Waals surface area contributed by atoms with Gasteiger partial charge in [0.25, 0.3) is 0 Å². The van der Waals surface area contributed by atoms with E-state index in [4.69, 9.17) is 10.5 Å². The zero-order valence-corrected chi connectivity index (χ0v) is 13.6. The third-order valence-corrected chi connectivity index (χ3v) is 5.43. The molecule has 124 valence electrons. The monoisotopic (exact) mass is 351 g/mol. The van der Waals surface area contributed by atoms with E-state index in [1.165, 1.54) is 23.5 Å². The Morgan fingerprint density at radius 3 is 2.68 bits per heavy atom. The third-order valence-electron chi connectivity index (χ3n) is 3.57. The number of nitrogens with zero attached hydrogens (tertiary/aromatic N) is 2. The molecule has 10 heteroatoms. The first-order valence-electron chi connectivity index (χ1n) is 6.42. The predicted molar refractivity (Wildman–Crippen MR) is 82.8 cm³/mol. The lowest BCUT2D eigenvalue weighted by Crippen LogP contribution is -2.30. The van der Waals surface area contributed by atoms with Gasteiger partial charge >= 0.3 is 5.69 Å². The normalized spacial score (nSPS) is 18.7. The molecule has 0 aliphatic carbocycles. The van der Waals surface area contributed by atoms with Crippen LogP contribution in [0.2, 0.25) is 0 Å². The van der Waals surface area contributed by atoms with Crippen LogP contribution in [-0.2, 0) is 10.0 Å². The highest BCUT2D eigenvalue weighted by atomic mass is 35.5. The molecule has 0 saturated carbocycles. The van der Waals surface area contributed by atoms with Gasteiger partial charge in [0.15, 0.2) is 5.75 Å². The van der Waals surface area contributed by atoms with E-state index in [1.54, 1.807) is 0 Å². The second kappa shape index (κ2) is 7.23. The van der Waals surface area contributed by atoms with Crippen LogP contribution < -0.4 is 10.5 Å². The Balaban J connectivity index is 0.00000242. The van der Waals surface area contributed by atoms with Crippen LogP contribution in [-0.4, -0.2) is 44.4 Å². The van der Waals surface area contributed by atoms with Crippen LogP contribution in [0, 0.1) is 16.0 Å². The number of methoxy groups -OCH3 is 1. The molecule has 1 aromatic rings. The first kappa shape index (κ1) is 18.6. The highest BCUT2D eigenvalue weighted by molar-refractivity contribution is 7.89. The first-order valence-corrected chi connectivity index (χ1v) is 7.86. The van der Waals surface area contributed by atoms with Crippen molar-refractivity contribution in [3.63, 3.8) is 0 Å². The van der Waals surface area contributed by atoms with Crippen LogP contribution in [0.3, 0.4) is 0 Å². The molecule has 0 amide bonds. The maximum Gasteiger partial charge on any atom is 0.310 e. The quantitative estimate of drug-likeness (QED) is 0.624. The Labute approximate surface area is 134 Å².